The molecule has 0 aromatic heterocycles. The second kappa shape index (κ2) is 4.74. The van der Waals surface area contributed by atoms with E-state index < -0.39 is 5.82 Å². The molecule has 3 nitrogen and oxygen atoms in total. The van der Waals surface area contributed by atoms with Gasteiger partial charge in [-0.1, -0.05) is 0 Å². The number of halogens is 1. The molecule has 2 rings (SSSR count). The van der Waals surface area contributed by atoms with Crippen LogP contribution in [-0.2, 0) is 0 Å². The first-order valence-corrected chi connectivity index (χ1v) is 6.26. The van der Waals surface area contributed by atoms with Crippen LogP contribution >= 0.6 is 11.8 Å². The molecule has 1 amide bonds. The molecule has 2 N–H and O–H groups in total. The van der Waals surface area contributed by atoms with Crippen molar-refractivity contribution in [2.24, 2.45) is 0 Å². The van der Waals surface area contributed by atoms with Crippen LogP contribution in [0.15, 0.2) is 18.2 Å². The SMILES string of the molecule is Nc1ccc(F)cc1C(=O)N1CCSCC1. The van der Waals surface area contributed by atoms with E-state index in [0.29, 0.717) is 18.8 Å². The molecule has 1 heterocycles. The molecule has 1 aromatic rings. The molecule has 0 aliphatic carbocycles. The first-order valence-electron chi connectivity index (χ1n) is 5.10. The number of nitrogen functional groups attached to an aromatic ring is 1. The van der Waals surface area contributed by atoms with Gasteiger partial charge in [-0.25, -0.2) is 4.39 Å². The molecule has 0 bridgehead atoms. The third kappa shape index (κ3) is 2.29. The van der Waals surface area contributed by atoms with Crippen LogP contribution in [0, 0.1) is 5.82 Å². The van der Waals surface area contributed by atoms with Crippen molar-refractivity contribution in [3.63, 3.8) is 0 Å². The number of nitrogens with two attached hydrogens (primary N) is 1. The lowest BCUT2D eigenvalue weighted by Gasteiger charge is -2.26. The van der Waals surface area contributed by atoms with Crippen molar-refractivity contribution < 1.29 is 9.18 Å². The van der Waals surface area contributed by atoms with E-state index in [9.17, 15) is 9.18 Å². The lowest BCUT2D eigenvalue weighted by atomic mass is 10.1. The molecule has 16 heavy (non-hydrogen) atoms. The van der Waals surface area contributed by atoms with Gasteiger partial charge in [-0.3, -0.25) is 4.79 Å². The predicted molar refractivity (Wildman–Crippen MR) is 64.0 cm³/mol. The van der Waals surface area contributed by atoms with Gasteiger partial charge in [-0.2, -0.15) is 11.8 Å². The lowest BCUT2D eigenvalue weighted by molar-refractivity contribution is 0.0773. The van der Waals surface area contributed by atoms with Crippen molar-refractivity contribution in [1.82, 2.24) is 4.90 Å². The maximum Gasteiger partial charge on any atom is 0.256 e. The largest absolute Gasteiger partial charge is 0.398 e. The second-order valence-corrected chi connectivity index (χ2v) is 4.86. The van der Waals surface area contributed by atoms with E-state index in [1.165, 1.54) is 18.2 Å². The molecule has 5 heteroatoms. The minimum Gasteiger partial charge on any atom is -0.398 e. The lowest BCUT2D eigenvalue weighted by Crippen LogP contribution is -2.38. The fourth-order valence-electron chi connectivity index (χ4n) is 1.65. The number of carbonyl (C=O) groups is 1. The number of hydrogen-bond donors (Lipinski definition) is 1. The average Bonchev–Trinajstić information content (AvgIpc) is 2.32. The van der Waals surface area contributed by atoms with Crippen LogP contribution in [0.1, 0.15) is 10.4 Å². The Morgan fingerprint density at radius 2 is 2.06 bits per heavy atom. The number of thioether (sulfide) groups is 1. The van der Waals surface area contributed by atoms with Gasteiger partial charge in [0.25, 0.3) is 5.91 Å². The summed E-state index contributed by atoms with van der Waals surface area (Å²) >= 11 is 1.82. The van der Waals surface area contributed by atoms with Gasteiger partial charge in [0.15, 0.2) is 0 Å². The summed E-state index contributed by atoms with van der Waals surface area (Å²) < 4.78 is 13.0. The van der Waals surface area contributed by atoms with E-state index in [0.717, 1.165) is 11.5 Å². The molecule has 1 aliphatic rings. The maximum absolute atomic E-state index is 13.0. The van der Waals surface area contributed by atoms with Gasteiger partial charge >= 0.3 is 0 Å². The Labute approximate surface area is 97.8 Å². The third-order valence-electron chi connectivity index (χ3n) is 2.54. The van der Waals surface area contributed by atoms with Crippen LogP contribution in [0.3, 0.4) is 0 Å². The van der Waals surface area contributed by atoms with Crippen molar-refractivity contribution in [3.8, 4) is 0 Å². The minimum absolute atomic E-state index is 0.169. The number of anilines is 1. The highest BCUT2D eigenvalue weighted by atomic mass is 32.2. The van der Waals surface area contributed by atoms with Gasteiger partial charge in [0.2, 0.25) is 0 Å². The number of hydrogen-bond acceptors (Lipinski definition) is 3. The predicted octanol–water partition coefficient (Wildman–Crippen LogP) is 1.60. The van der Waals surface area contributed by atoms with Crippen molar-refractivity contribution in [1.29, 1.82) is 0 Å². The summed E-state index contributed by atoms with van der Waals surface area (Å²) in [6.07, 6.45) is 0. The topological polar surface area (TPSA) is 46.3 Å². The minimum atomic E-state index is -0.427. The van der Waals surface area contributed by atoms with E-state index >= 15 is 0 Å². The van der Waals surface area contributed by atoms with E-state index in [-0.39, 0.29) is 11.5 Å². The zero-order valence-electron chi connectivity index (χ0n) is 8.78. The summed E-state index contributed by atoms with van der Waals surface area (Å²) in [4.78, 5) is 13.8. The number of amides is 1. The summed E-state index contributed by atoms with van der Waals surface area (Å²) in [6, 6.07) is 3.90. The first-order chi connectivity index (χ1) is 7.68. The van der Waals surface area contributed by atoms with Crippen molar-refractivity contribution >= 4 is 23.4 Å². The van der Waals surface area contributed by atoms with Gasteiger partial charge in [0.05, 0.1) is 5.56 Å². The van der Waals surface area contributed by atoms with Crippen LogP contribution in [-0.4, -0.2) is 35.4 Å². The molecule has 0 unspecified atom stereocenters. The maximum atomic E-state index is 13.0. The van der Waals surface area contributed by atoms with Crippen molar-refractivity contribution in [2.45, 2.75) is 0 Å². The van der Waals surface area contributed by atoms with Crippen LogP contribution < -0.4 is 5.73 Å². The summed E-state index contributed by atoms with van der Waals surface area (Å²) in [5.41, 5.74) is 6.29. The Morgan fingerprint density at radius 3 is 2.75 bits per heavy atom. The molecule has 0 saturated carbocycles. The van der Waals surface area contributed by atoms with Crippen LogP contribution in [0.2, 0.25) is 0 Å². The van der Waals surface area contributed by atoms with E-state index in [4.69, 9.17) is 5.73 Å². The number of benzene rings is 1. The van der Waals surface area contributed by atoms with E-state index in [2.05, 4.69) is 0 Å². The van der Waals surface area contributed by atoms with Crippen molar-refractivity contribution in [3.05, 3.63) is 29.6 Å². The van der Waals surface area contributed by atoms with E-state index in [1.54, 1.807) is 4.90 Å². The molecule has 0 spiro atoms. The van der Waals surface area contributed by atoms with E-state index in [1.807, 2.05) is 11.8 Å². The van der Waals surface area contributed by atoms with Gasteiger partial charge in [0, 0.05) is 30.3 Å². The molecule has 0 atom stereocenters. The number of nitrogens with zero attached hydrogens (tertiary/aromatic N) is 1. The van der Waals surface area contributed by atoms with Crippen LogP contribution in [0.4, 0.5) is 10.1 Å². The average molecular weight is 240 g/mol. The monoisotopic (exact) mass is 240 g/mol. The Morgan fingerprint density at radius 1 is 1.38 bits per heavy atom. The molecule has 86 valence electrons. The molecule has 1 saturated heterocycles. The summed E-state index contributed by atoms with van der Waals surface area (Å²) in [6.45, 7) is 1.42. The van der Waals surface area contributed by atoms with Gasteiger partial charge in [-0.05, 0) is 18.2 Å². The first kappa shape index (κ1) is 11.3. The summed E-state index contributed by atoms with van der Waals surface area (Å²) in [7, 11) is 0. The molecule has 0 radical (unpaired) electrons. The standard InChI is InChI=1S/C11H13FN2OS/c12-8-1-2-10(13)9(7-8)11(15)14-3-5-16-6-4-14/h1-2,7H,3-6,13H2. The Bertz CT molecular complexity index is 405. The summed E-state index contributed by atoms with van der Waals surface area (Å²) in [5, 5.41) is 0. The quantitative estimate of drug-likeness (QED) is 0.758. The van der Waals surface area contributed by atoms with Crippen LogP contribution in [0.25, 0.3) is 0 Å². The van der Waals surface area contributed by atoms with Gasteiger partial charge < -0.3 is 10.6 Å². The zero-order valence-corrected chi connectivity index (χ0v) is 9.60. The van der Waals surface area contributed by atoms with Crippen molar-refractivity contribution in [2.75, 3.05) is 30.3 Å². The summed E-state index contributed by atoms with van der Waals surface area (Å²) in [5.74, 6) is 1.27. The third-order valence-corrected chi connectivity index (χ3v) is 3.49. The number of carbonyl (C=O) groups excluding carboxylic acids is 1. The fourth-order valence-corrected chi connectivity index (χ4v) is 2.55. The highest BCUT2D eigenvalue weighted by molar-refractivity contribution is 7.99. The zero-order chi connectivity index (χ0) is 11.5. The van der Waals surface area contributed by atoms with Gasteiger partial charge in [-0.15, -0.1) is 0 Å². The number of rotatable bonds is 1. The molecule has 1 aromatic carbocycles. The highest BCUT2D eigenvalue weighted by Crippen LogP contribution is 2.18. The van der Waals surface area contributed by atoms with Crippen LogP contribution in [0.5, 0.6) is 0 Å². The Balaban J connectivity index is 2.22. The second-order valence-electron chi connectivity index (χ2n) is 3.64. The molecular weight excluding hydrogens is 227 g/mol. The Hall–Kier alpha value is -1.23. The highest BCUT2D eigenvalue weighted by Gasteiger charge is 2.20. The smallest absolute Gasteiger partial charge is 0.256 e. The van der Waals surface area contributed by atoms with Gasteiger partial charge in [0.1, 0.15) is 5.82 Å². The normalized spacial score (nSPS) is 16.2. The molecular formula is C11H13FN2OS. The molecule has 1 fully saturated rings. The fraction of sp³-hybridized carbons (Fsp3) is 0.364. The molecule has 1 aliphatic heterocycles. The Kier molecular flexibility index (Phi) is 3.33.